The maximum absolute atomic E-state index is 12.3. The summed E-state index contributed by atoms with van der Waals surface area (Å²) in [5.74, 6) is -0.841. The second-order valence-electron chi connectivity index (χ2n) is 5.80. The van der Waals surface area contributed by atoms with Gasteiger partial charge >= 0.3 is 0 Å². The molecule has 0 radical (unpaired) electrons. The molecule has 26 heavy (non-hydrogen) atoms. The van der Waals surface area contributed by atoms with Gasteiger partial charge in [0.25, 0.3) is 5.91 Å². The topological polar surface area (TPSA) is 83.6 Å². The Morgan fingerprint density at radius 3 is 2.12 bits per heavy atom. The zero-order valence-corrected chi connectivity index (χ0v) is 14.8. The first kappa shape index (κ1) is 18.2. The summed E-state index contributed by atoms with van der Waals surface area (Å²) in [4.78, 5) is 13.8. The molecule has 0 spiro atoms. The summed E-state index contributed by atoms with van der Waals surface area (Å²) in [6, 6.07) is 23.2. The monoisotopic (exact) mass is 365 g/mol. The maximum atomic E-state index is 12.3. The molecule has 0 saturated carbocycles. The van der Waals surface area contributed by atoms with E-state index in [0.717, 1.165) is 10.5 Å². The molecule has 3 aromatic rings. The first-order valence-corrected chi connectivity index (χ1v) is 8.93. The van der Waals surface area contributed by atoms with Gasteiger partial charge < -0.3 is 15.9 Å². The SMILES string of the molecule is NC(=O)C(O)(c1ccccc1)c1ccccc1Sc1ccccc1CO. The second-order valence-corrected chi connectivity index (χ2v) is 6.89. The minimum atomic E-state index is -1.95. The molecule has 0 heterocycles. The van der Waals surface area contributed by atoms with E-state index in [0.29, 0.717) is 16.0 Å². The molecule has 3 aromatic carbocycles. The molecule has 0 aliphatic rings. The average Bonchev–Trinajstić information content (AvgIpc) is 2.68. The first-order chi connectivity index (χ1) is 12.6. The highest BCUT2D eigenvalue weighted by atomic mass is 32.2. The Morgan fingerprint density at radius 2 is 1.46 bits per heavy atom. The summed E-state index contributed by atoms with van der Waals surface area (Å²) in [5.41, 5.74) is 5.27. The maximum Gasteiger partial charge on any atom is 0.258 e. The number of aliphatic hydroxyl groups is 2. The van der Waals surface area contributed by atoms with Crippen molar-refractivity contribution in [3.05, 3.63) is 95.6 Å². The molecule has 0 aromatic heterocycles. The third-order valence-corrected chi connectivity index (χ3v) is 5.38. The lowest BCUT2D eigenvalue weighted by atomic mass is 9.85. The summed E-state index contributed by atoms with van der Waals surface area (Å²) in [6.45, 7) is -0.0931. The van der Waals surface area contributed by atoms with Crippen molar-refractivity contribution in [2.45, 2.75) is 22.0 Å². The highest BCUT2D eigenvalue weighted by Crippen LogP contribution is 2.39. The van der Waals surface area contributed by atoms with Crippen LogP contribution in [-0.2, 0) is 17.0 Å². The number of benzene rings is 3. The molecule has 1 amide bonds. The molecule has 132 valence electrons. The summed E-state index contributed by atoms with van der Waals surface area (Å²) < 4.78 is 0. The number of nitrogens with two attached hydrogens (primary N) is 1. The van der Waals surface area contributed by atoms with E-state index in [4.69, 9.17) is 5.73 Å². The number of primary amides is 1. The van der Waals surface area contributed by atoms with Gasteiger partial charge in [-0.15, -0.1) is 0 Å². The van der Waals surface area contributed by atoms with E-state index in [9.17, 15) is 15.0 Å². The van der Waals surface area contributed by atoms with Gasteiger partial charge in [-0.05, 0) is 23.3 Å². The van der Waals surface area contributed by atoms with Gasteiger partial charge in [-0.2, -0.15) is 0 Å². The van der Waals surface area contributed by atoms with E-state index in [1.807, 2.05) is 42.5 Å². The summed E-state index contributed by atoms with van der Waals surface area (Å²) >= 11 is 1.38. The van der Waals surface area contributed by atoms with Gasteiger partial charge in [0.05, 0.1) is 6.61 Å². The van der Waals surface area contributed by atoms with Gasteiger partial charge in [0.15, 0.2) is 5.60 Å². The molecule has 1 unspecified atom stereocenters. The largest absolute Gasteiger partial charge is 0.392 e. The fourth-order valence-corrected chi connectivity index (χ4v) is 3.94. The van der Waals surface area contributed by atoms with Crippen LogP contribution in [0.1, 0.15) is 16.7 Å². The van der Waals surface area contributed by atoms with E-state index in [-0.39, 0.29) is 6.61 Å². The predicted molar refractivity (Wildman–Crippen MR) is 102 cm³/mol. The van der Waals surface area contributed by atoms with Gasteiger partial charge in [0.2, 0.25) is 0 Å². The van der Waals surface area contributed by atoms with Gasteiger partial charge in [-0.25, -0.2) is 0 Å². The Bertz CT molecular complexity index is 914. The minimum Gasteiger partial charge on any atom is -0.392 e. The van der Waals surface area contributed by atoms with Gasteiger partial charge in [0, 0.05) is 15.4 Å². The van der Waals surface area contributed by atoms with Crippen molar-refractivity contribution < 1.29 is 15.0 Å². The number of carbonyl (C=O) groups excluding carboxylic acids is 1. The lowest BCUT2D eigenvalue weighted by Crippen LogP contribution is -2.42. The Hall–Kier alpha value is -2.60. The Morgan fingerprint density at radius 1 is 0.885 bits per heavy atom. The standard InChI is InChI=1S/C21H19NO3S/c22-20(24)21(25,16-9-2-1-3-10-16)17-11-5-7-13-19(17)26-18-12-6-4-8-15(18)14-23/h1-13,23,25H,14H2,(H2,22,24). The predicted octanol–water partition coefficient (Wildman–Crippen LogP) is 3.05. The third-order valence-electron chi connectivity index (χ3n) is 4.19. The number of aliphatic hydroxyl groups excluding tert-OH is 1. The van der Waals surface area contributed by atoms with E-state index < -0.39 is 11.5 Å². The van der Waals surface area contributed by atoms with Crippen LogP contribution >= 0.6 is 11.8 Å². The molecule has 1 atom stereocenters. The molecule has 0 saturated heterocycles. The Kier molecular flexibility index (Phi) is 5.42. The van der Waals surface area contributed by atoms with E-state index in [2.05, 4.69) is 0 Å². The number of hydrogen-bond acceptors (Lipinski definition) is 4. The van der Waals surface area contributed by atoms with Crippen LogP contribution in [0, 0.1) is 0 Å². The lowest BCUT2D eigenvalue weighted by Gasteiger charge is -2.28. The molecule has 0 fully saturated rings. The van der Waals surface area contributed by atoms with E-state index in [1.54, 1.807) is 36.4 Å². The number of hydrogen-bond donors (Lipinski definition) is 3. The third kappa shape index (κ3) is 3.37. The molecule has 0 aliphatic heterocycles. The number of amides is 1. The second kappa shape index (κ2) is 7.74. The van der Waals surface area contributed by atoms with Crippen molar-refractivity contribution in [2.75, 3.05) is 0 Å². The van der Waals surface area contributed by atoms with Crippen LogP contribution in [-0.4, -0.2) is 16.1 Å². The Labute approximate surface area is 156 Å². The van der Waals surface area contributed by atoms with Crippen LogP contribution in [0.15, 0.2) is 88.7 Å². The van der Waals surface area contributed by atoms with E-state index >= 15 is 0 Å². The van der Waals surface area contributed by atoms with Crippen molar-refractivity contribution in [3.63, 3.8) is 0 Å². The zero-order chi connectivity index (χ0) is 18.6. The highest BCUT2D eigenvalue weighted by Gasteiger charge is 2.39. The van der Waals surface area contributed by atoms with Crippen LogP contribution in [0.3, 0.4) is 0 Å². The smallest absolute Gasteiger partial charge is 0.258 e. The Balaban J connectivity index is 2.12. The first-order valence-electron chi connectivity index (χ1n) is 8.11. The fraction of sp³-hybridized carbons (Fsp3) is 0.0952. The van der Waals surface area contributed by atoms with Gasteiger partial charge in [0.1, 0.15) is 0 Å². The molecule has 5 heteroatoms. The van der Waals surface area contributed by atoms with Crippen molar-refractivity contribution >= 4 is 17.7 Å². The summed E-state index contributed by atoms with van der Waals surface area (Å²) in [7, 11) is 0. The van der Waals surface area contributed by atoms with Crippen LogP contribution in [0.5, 0.6) is 0 Å². The quantitative estimate of drug-likeness (QED) is 0.627. The van der Waals surface area contributed by atoms with Crippen molar-refractivity contribution in [3.8, 4) is 0 Å². The van der Waals surface area contributed by atoms with Gasteiger partial charge in [-0.1, -0.05) is 78.5 Å². The molecule has 0 bridgehead atoms. The average molecular weight is 365 g/mol. The zero-order valence-electron chi connectivity index (χ0n) is 14.0. The highest BCUT2D eigenvalue weighted by molar-refractivity contribution is 7.99. The summed E-state index contributed by atoms with van der Waals surface area (Å²) in [5, 5.41) is 20.8. The van der Waals surface area contributed by atoms with Crippen LogP contribution in [0.4, 0.5) is 0 Å². The van der Waals surface area contributed by atoms with Crippen LogP contribution < -0.4 is 5.73 Å². The van der Waals surface area contributed by atoms with Crippen molar-refractivity contribution in [1.29, 1.82) is 0 Å². The summed E-state index contributed by atoms with van der Waals surface area (Å²) in [6.07, 6.45) is 0. The van der Waals surface area contributed by atoms with Crippen molar-refractivity contribution in [2.24, 2.45) is 5.73 Å². The lowest BCUT2D eigenvalue weighted by molar-refractivity contribution is -0.133. The molecule has 4 N–H and O–H groups in total. The molecular formula is C21H19NO3S. The minimum absolute atomic E-state index is 0.0931. The number of carbonyl (C=O) groups is 1. The molecular weight excluding hydrogens is 346 g/mol. The van der Waals surface area contributed by atoms with Gasteiger partial charge in [-0.3, -0.25) is 4.79 Å². The molecule has 0 aliphatic carbocycles. The number of rotatable bonds is 6. The van der Waals surface area contributed by atoms with E-state index in [1.165, 1.54) is 11.8 Å². The molecule has 4 nitrogen and oxygen atoms in total. The van der Waals surface area contributed by atoms with Crippen LogP contribution in [0.25, 0.3) is 0 Å². The van der Waals surface area contributed by atoms with Crippen LogP contribution in [0.2, 0.25) is 0 Å². The van der Waals surface area contributed by atoms with Crippen molar-refractivity contribution in [1.82, 2.24) is 0 Å². The normalized spacial score (nSPS) is 13.2. The molecule has 3 rings (SSSR count). The fourth-order valence-electron chi connectivity index (χ4n) is 2.82.